The second-order valence-corrected chi connectivity index (χ2v) is 10.6. The number of amides is 1. The van der Waals surface area contributed by atoms with E-state index in [1.54, 1.807) is 11.3 Å². The number of piperazine rings is 1. The molecule has 6 nitrogen and oxygen atoms in total. The first-order valence-corrected chi connectivity index (χ1v) is 13.1. The van der Waals surface area contributed by atoms with Gasteiger partial charge in [-0.1, -0.05) is 25.3 Å². The lowest BCUT2D eigenvalue weighted by molar-refractivity contribution is -0.132. The number of anilines is 1. The third-order valence-electron chi connectivity index (χ3n) is 7.42. The van der Waals surface area contributed by atoms with Crippen LogP contribution in [0.4, 0.5) is 5.82 Å². The number of thiophene rings is 1. The molecule has 0 unspecified atom stereocenters. The van der Waals surface area contributed by atoms with E-state index in [0.29, 0.717) is 45.2 Å². The van der Waals surface area contributed by atoms with Gasteiger partial charge in [0.15, 0.2) is 0 Å². The Kier molecular flexibility index (Phi) is 6.66. The van der Waals surface area contributed by atoms with Crippen molar-refractivity contribution in [2.24, 2.45) is 0 Å². The van der Waals surface area contributed by atoms with E-state index in [9.17, 15) is 10.1 Å². The highest BCUT2D eigenvalue weighted by atomic mass is 32.1. The monoisotopic (exact) mass is 464 g/mol. The van der Waals surface area contributed by atoms with Crippen molar-refractivity contribution in [2.75, 3.05) is 31.1 Å². The smallest absolute Gasteiger partial charge is 0.228 e. The van der Waals surface area contributed by atoms with Crippen LogP contribution < -0.4 is 4.90 Å². The number of fused-ring (bicyclic) bond motifs is 1. The minimum Gasteiger partial charge on any atom is -0.376 e. The van der Waals surface area contributed by atoms with Crippen LogP contribution in [0.1, 0.15) is 72.2 Å². The summed E-state index contributed by atoms with van der Waals surface area (Å²) in [4.78, 5) is 23.5. The Bertz CT molecular complexity index is 1040. The summed E-state index contributed by atoms with van der Waals surface area (Å²) in [5.41, 5.74) is 4.21. The van der Waals surface area contributed by atoms with Crippen molar-refractivity contribution in [1.29, 1.82) is 5.26 Å². The van der Waals surface area contributed by atoms with E-state index in [1.807, 2.05) is 22.4 Å². The summed E-state index contributed by atoms with van der Waals surface area (Å²) in [5, 5.41) is 12.2. The topological polar surface area (TPSA) is 69.5 Å². The summed E-state index contributed by atoms with van der Waals surface area (Å²) in [6.07, 6.45) is 7.39. The molecule has 0 bridgehead atoms. The first-order valence-electron chi connectivity index (χ1n) is 12.3. The summed E-state index contributed by atoms with van der Waals surface area (Å²) in [6, 6.07) is 6.59. The minimum atomic E-state index is 0.0806. The van der Waals surface area contributed by atoms with Crippen molar-refractivity contribution in [1.82, 2.24) is 9.88 Å². The molecule has 33 heavy (non-hydrogen) atoms. The van der Waals surface area contributed by atoms with E-state index < -0.39 is 0 Å². The van der Waals surface area contributed by atoms with Crippen LogP contribution in [-0.4, -0.2) is 48.1 Å². The highest BCUT2D eigenvalue weighted by Crippen LogP contribution is 2.39. The van der Waals surface area contributed by atoms with Crippen molar-refractivity contribution in [3.8, 4) is 6.07 Å². The minimum absolute atomic E-state index is 0.0806. The quantitative estimate of drug-likeness (QED) is 0.670. The van der Waals surface area contributed by atoms with E-state index in [4.69, 9.17) is 9.72 Å². The van der Waals surface area contributed by atoms with E-state index in [2.05, 4.69) is 17.9 Å². The fourth-order valence-corrected chi connectivity index (χ4v) is 6.40. The predicted molar refractivity (Wildman–Crippen MR) is 130 cm³/mol. The van der Waals surface area contributed by atoms with E-state index >= 15 is 0 Å². The molecule has 3 aliphatic rings. The van der Waals surface area contributed by atoms with Gasteiger partial charge in [0.25, 0.3) is 0 Å². The number of hydrogen-bond acceptors (Lipinski definition) is 6. The lowest BCUT2D eigenvalue weighted by atomic mass is 9.82. The number of pyridine rings is 1. The zero-order valence-corrected chi connectivity index (χ0v) is 20.2. The zero-order chi connectivity index (χ0) is 22.8. The molecule has 7 heteroatoms. The van der Waals surface area contributed by atoms with Crippen LogP contribution in [0.15, 0.2) is 17.5 Å². The van der Waals surface area contributed by atoms with Gasteiger partial charge in [-0.15, -0.1) is 11.3 Å². The van der Waals surface area contributed by atoms with Crippen LogP contribution in [0.25, 0.3) is 0 Å². The first kappa shape index (κ1) is 22.4. The Morgan fingerprint density at radius 3 is 2.85 bits per heavy atom. The van der Waals surface area contributed by atoms with Crippen molar-refractivity contribution in [2.45, 2.75) is 70.4 Å². The fourth-order valence-electron chi connectivity index (χ4n) is 5.71. The molecule has 0 spiro atoms. The summed E-state index contributed by atoms with van der Waals surface area (Å²) < 4.78 is 5.81. The molecule has 0 radical (unpaired) electrons. The average molecular weight is 465 g/mol. The molecule has 2 aliphatic heterocycles. The Labute approximate surface area is 200 Å². The predicted octanol–water partition coefficient (Wildman–Crippen LogP) is 4.41. The SMILES string of the molecule is C[C@@H]1CN(c2nc(C3CCCCC3)c3c(c2C#N)CCOC3)CCN1C(=O)Cc1cccs1. The molecular weight excluding hydrogens is 432 g/mol. The van der Waals surface area contributed by atoms with E-state index in [0.717, 1.165) is 28.2 Å². The van der Waals surface area contributed by atoms with E-state index in [-0.39, 0.29) is 11.9 Å². The molecule has 2 aromatic rings. The number of carbonyl (C=O) groups excluding carboxylic acids is 1. The van der Waals surface area contributed by atoms with Gasteiger partial charge >= 0.3 is 0 Å². The molecule has 1 atom stereocenters. The summed E-state index contributed by atoms with van der Waals surface area (Å²) in [5.74, 6) is 1.48. The van der Waals surface area contributed by atoms with Gasteiger partial charge in [-0.2, -0.15) is 5.26 Å². The number of nitrogens with zero attached hydrogens (tertiary/aromatic N) is 4. The number of carbonyl (C=O) groups is 1. The Morgan fingerprint density at radius 1 is 1.27 bits per heavy atom. The van der Waals surface area contributed by atoms with Gasteiger partial charge in [-0.3, -0.25) is 4.79 Å². The van der Waals surface area contributed by atoms with Crippen molar-refractivity contribution < 1.29 is 9.53 Å². The fraction of sp³-hybridized carbons (Fsp3) is 0.577. The van der Waals surface area contributed by atoms with Gasteiger partial charge in [-0.05, 0) is 43.2 Å². The molecule has 0 N–H and O–H groups in total. The standard InChI is InChI=1S/C26H32N4O2S/c1-18-16-29(10-11-30(18)24(31)14-20-8-5-13-33-20)26-22(15-27)21-9-12-32-17-23(21)25(28-26)19-6-3-2-4-7-19/h5,8,13,18-19H,2-4,6-7,9-12,14,16-17H2,1H3/t18-/m1/s1. The van der Waals surface area contributed by atoms with Crippen LogP contribution in [0.5, 0.6) is 0 Å². The largest absolute Gasteiger partial charge is 0.376 e. The Morgan fingerprint density at radius 2 is 2.12 bits per heavy atom. The van der Waals surface area contributed by atoms with Gasteiger partial charge in [0.2, 0.25) is 5.91 Å². The number of hydrogen-bond donors (Lipinski definition) is 0. The van der Waals surface area contributed by atoms with Crippen LogP contribution >= 0.6 is 11.3 Å². The molecule has 1 aliphatic carbocycles. The van der Waals surface area contributed by atoms with Gasteiger partial charge < -0.3 is 14.5 Å². The molecule has 174 valence electrons. The first-order chi connectivity index (χ1) is 16.2. The highest BCUT2D eigenvalue weighted by molar-refractivity contribution is 7.10. The van der Waals surface area contributed by atoms with Crippen LogP contribution in [0.3, 0.4) is 0 Å². The van der Waals surface area contributed by atoms with Crippen molar-refractivity contribution in [3.05, 3.63) is 44.8 Å². The second kappa shape index (κ2) is 9.82. The molecule has 2 aromatic heterocycles. The molecular formula is C26H32N4O2S. The third-order valence-corrected chi connectivity index (χ3v) is 8.30. The molecule has 1 saturated carbocycles. The van der Waals surface area contributed by atoms with Crippen LogP contribution in [0.2, 0.25) is 0 Å². The molecule has 0 aromatic carbocycles. The normalized spacial score (nSPS) is 21.5. The maximum Gasteiger partial charge on any atom is 0.228 e. The molecule has 5 rings (SSSR count). The third kappa shape index (κ3) is 4.51. The van der Waals surface area contributed by atoms with Crippen LogP contribution in [0, 0.1) is 11.3 Å². The van der Waals surface area contributed by atoms with Gasteiger partial charge in [-0.25, -0.2) is 4.98 Å². The summed E-state index contributed by atoms with van der Waals surface area (Å²) in [7, 11) is 0. The van der Waals surface area contributed by atoms with Crippen LogP contribution in [-0.2, 0) is 29.0 Å². The number of aromatic nitrogens is 1. The molecule has 4 heterocycles. The Balaban J connectivity index is 1.42. The number of rotatable bonds is 4. The molecule has 1 amide bonds. The number of ether oxygens (including phenoxy) is 1. The van der Waals surface area contributed by atoms with E-state index in [1.165, 1.54) is 43.4 Å². The highest BCUT2D eigenvalue weighted by Gasteiger charge is 2.33. The van der Waals surface area contributed by atoms with Crippen molar-refractivity contribution in [3.63, 3.8) is 0 Å². The zero-order valence-electron chi connectivity index (χ0n) is 19.4. The molecule has 1 saturated heterocycles. The summed E-state index contributed by atoms with van der Waals surface area (Å²) in [6.45, 7) is 5.43. The lowest BCUT2D eigenvalue weighted by Gasteiger charge is -2.41. The number of nitriles is 1. The molecule has 2 fully saturated rings. The van der Waals surface area contributed by atoms with Gasteiger partial charge in [0.1, 0.15) is 11.9 Å². The van der Waals surface area contributed by atoms with Gasteiger partial charge in [0.05, 0.1) is 30.9 Å². The lowest BCUT2D eigenvalue weighted by Crippen LogP contribution is -2.55. The van der Waals surface area contributed by atoms with Crippen molar-refractivity contribution >= 4 is 23.1 Å². The average Bonchev–Trinajstić information content (AvgIpc) is 3.36. The van der Waals surface area contributed by atoms with Gasteiger partial charge in [0, 0.05) is 42.0 Å². The maximum atomic E-state index is 12.9. The Hall–Kier alpha value is -2.43. The maximum absolute atomic E-state index is 12.9. The summed E-state index contributed by atoms with van der Waals surface area (Å²) >= 11 is 1.63. The second-order valence-electron chi connectivity index (χ2n) is 9.54.